The molecule has 0 aliphatic heterocycles. The molecule has 0 heterocycles. The number of methoxy groups -OCH3 is 1. The number of aliphatic imine (C=N–C) groups is 1. The van der Waals surface area contributed by atoms with Crippen LogP contribution < -0.4 is 4.74 Å². The van der Waals surface area contributed by atoms with Crippen LogP contribution in [0.2, 0.25) is 0 Å². The van der Waals surface area contributed by atoms with Crippen LogP contribution in [-0.2, 0) is 0 Å². The molecule has 0 bridgehead atoms. The molecule has 0 unspecified atom stereocenters. The maximum Gasteiger partial charge on any atom is 0.126 e. The van der Waals surface area contributed by atoms with Crippen LogP contribution in [0.25, 0.3) is 5.57 Å². The summed E-state index contributed by atoms with van der Waals surface area (Å²) in [5.41, 5.74) is 9.52. The molecule has 2 nitrogen and oxygen atoms in total. The molecular formula is C25H27NO. The Morgan fingerprint density at radius 2 is 1.74 bits per heavy atom. The van der Waals surface area contributed by atoms with E-state index in [1.54, 1.807) is 7.11 Å². The second-order valence-electron chi connectivity index (χ2n) is 6.87. The summed E-state index contributed by atoms with van der Waals surface area (Å²) in [6.45, 7) is 9.31. The van der Waals surface area contributed by atoms with Crippen LogP contribution in [0.4, 0.5) is 0 Å². The summed E-state index contributed by atoms with van der Waals surface area (Å²) in [5.74, 6) is 0.884. The van der Waals surface area contributed by atoms with Crippen molar-refractivity contribution in [3.05, 3.63) is 94.1 Å². The molecule has 138 valence electrons. The standard InChI is InChI=1S/C25H27NO/c1-6-26-20-12-14-22(19(4)16-20)25(21-13-11-17(2)15-18(21)3)23-9-7-8-10-24(23)27-5/h7-16H,6H2,1-5H3/b25-22+,26-20?. The summed E-state index contributed by atoms with van der Waals surface area (Å²) in [4.78, 5) is 4.54. The van der Waals surface area contributed by atoms with Crippen molar-refractivity contribution < 1.29 is 4.74 Å². The zero-order valence-electron chi connectivity index (χ0n) is 16.8. The predicted molar refractivity (Wildman–Crippen MR) is 116 cm³/mol. The number of hydrogen-bond donors (Lipinski definition) is 0. The fourth-order valence-electron chi connectivity index (χ4n) is 3.59. The lowest BCUT2D eigenvalue weighted by Gasteiger charge is -2.21. The van der Waals surface area contributed by atoms with Crippen molar-refractivity contribution >= 4 is 11.3 Å². The summed E-state index contributed by atoms with van der Waals surface area (Å²) >= 11 is 0. The molecule has 3 rings (SSSR count). The number of aryl methyl sites for hydroxylation is 2. The topological polar surface area (TPSA) is 21.6 Å². The highest BCUT2D eigenvalue weighted by Crippen LogP contribution is 2.38. The number of nitrogens with zero attached hydrogens (tertiary/aromatic N) is 1. The predicted octanol–water partition coefficient (Wildman–Crippen LogP) is 6.09. The monoisotopic (exact) mass is 357 g/mol. The third-order valence-corrected chi connectivity index (χ3v) is 4.85. The van der Waals surface area contributed by atoms with Crippen LogP contribution in [0, 0.1) is 13.8 Å². The molecule has 1 aliphatic rings. The minimum absolute atomic E-state index is 0.791. The fourth-order valence-corrected chi connectivity index (χ4v) is 3.59. The first kappa shape index (κ1) is 18.9. The largest absolute Gasteiger partial charge is 0.496 e. The first-order chi connectivity index (χ1) is 13.0. The van der Waals surface area contributed by atoms with Crippen molar-refractivity contribution in [1.82, 2.24) is 0 Å². The van der Waals surface area contributed by atoms with Crippen LogP contribution in [0.5, 0.6) is 5.75 Å². The van der Waals surface area contributed by atoms with Crippen molar-refractivity contribution in [3.63, 3.8) is 0 Å². The molecule has 0 spiro atoms. The Hall–Kier alpha value is -2.87. The molecule has 0 saturated heterocycles. The Kier molecular flexibility index (Phi) is 5.75. The lowest BCUT2D eigenvalue weighted by Crippen LogP contribution is -2.04. The molecular weight excluding hydrogens is 330 g/mol. The van der Waals surface area contributed by atoms with E-state index in [4.69, 9.17) is 4.74 Å². The number of rotatable bonds is 4. The third kappa shape index (κ3) is 3.95. The van der Waals surface area contributed by atoms with E-state index < -0.39 is 0 Å². The SMILES string of the molecule is CCN=C1C=C/C(=C(/c2ccc(C)cc2C)c2ccccc2OC)C(C)=C1. The second-order valence-corrected chi connectivity index (χ2v) is 6.87. The summed E-state index contributed by atoms with van der Waals surface area (Å²) in [6, 6.07) is 14.9. The molecule has 0 fully saturated rings. The van der Waals surface area contributed by atoms with Gasteiger partial charge in [0.2, 0.25) is 0 Å². The van der Waals surface area contributed by atoms with E-state index in [0.29, 0.717) is 0 Å². The smallest absolute Gasteiger partial charge is 0.126 e. The van der Waals surface area contributed by atoms with Crippen molar-refractivity contribution in [2.75, 3.05) is 13.7 Å². The molecule has 1 aliphatic carbocycles. The summed E-state index contributed by atoms with van der Waals surface area (Å²) in [7, 11) is 1.73. The Labute approximate surface area is 162 Å². The lowest BCUT2D eigenvalue weighted by atomic mass is 9.85. The first-order valence-electron chi connectivity index (χ1n) is 9.41. The normalized spacial score (nSPS) is 17.1. The highest BCUT2D eigenvalue weighted by molar-refractivity contribution is 6.08. The Balaban J connectivity index is 2.31. The molecule has 0 saturated carbocycles. The minimum Gasteiger partial charge on any atom is -0.496 e. The Bertz CT molecular complexity index is 974. The maximum absolute atomic E-state index is 5.70. The Morgan fingerprint density at radius 3 is 2.41 bits per heavy atom. The van der Waals surface area contributed by atoms with Crippen LogP contribution in [0.15, 0.2) is 76.8 Å². The minimum atomic E-state index is 0.791. The van der Waals surface area contributed by atoms with Gasteiger partial charge in [-0.25, -0.2) is 0 Å². The molecule has 27 heavy (non-hydrogen) atoms. The van der Waals surface area contributed by atoms with Gasteiger partial charge in [0.1, 0.15) is 5.75 Å². The molecule has 0 atom stereocenters. The third-order valence-electron chi connectivity index (χ3n) is 4.85. The van der Waals surface area contributed by atoms with E-state index in [0.717, 1.165) is 23.6 Å². The van der Waals surface area contributed by atoms with Crippen molar-refractivity contribution in [2.45, 2.75) is 27.7 Å². The molecule has 2 aromatic rings. The van der Waals surface area contributed by atoms with E-state index in [9.17, 15) is 0 Å². The zero-order chi connectivity index (χ0) is 19.4. The molecule has 0 N–H and O–H groups in total. The number of para-hydroxylation sites is 1. The van der Waals surface area contributed by atoms with E-state index in [2.05, 4.69) is 81.2 Å². The molecule has 2 heteroatoms. The van der Waals surface area contributed by atoms with Crippen molar-refractivity contribution in [3.8, 4) is 5.75 Å². The zero-order valence-corrected chi connectivity index (χ0v) is 16.8. The average Bonchev–Trinajstić information content (AvgIpc) is 2.65. The number of ether oxygens (including phenoxy) is 1. The summed E-state index contributed by atoms with van der Waals surface area (Å²) in [6.07, 6.45) is 6.45. The quantitative estimate of drug-likeness (QED) is 0.649. The van der Waals surface area contributed by atoms with Gasteiger partial charge in [0.15, 0.2) is 0 Å². The Morgan fingerprint density at radius 1 is 0.963 bits per heavy atom. The fraction of sp³-hybridized carbons (Fsp3) is 0.240. The molecule has 0 radical (unpaired) electrons. The second kappa shape index (κ2) is 8.22. The van der Waals surface area contributed by atoms with Gasteiger partial charge in [-0.2, -0.15) is 0 Å². The number of allylic oxidation sites excluding steroid dienone is 5. The van der Waals surface area contributed by atoms with Crippen LogP contribution in [0.3, 0.4) is 0 Å². The lowest BCUT2D eigenvalue weighted by molar-refractivity contribution is 0.413. The van der Waals surface area contributed by atoms with Gasteiger partial charge in [-0.05, 0) is 68.2 Å². The van der Waals surface area contributed by atoms with E-state index in [-0.39, 0.29) is 0 Å². The van der Waals surface area contributed by atoms with Gasteiger partial charge in [-0.15, -0.1) is 0 Å². The van der Waals surface area contributed by atoms with Gasteiger partial charge in [0.25, 0.3) is 0 Å². The van der Waals surface area contributed by atoms with E-state index in [1.165, 1.54) is 33.4 Å². The van der Waals surface area contributed by atoms with Gasteiger partial charge in [-0.3, -0.25) is 4.99 Å². The highest BCUT2D eigenvalue weighted by atomic mass is 16.5. The van der Waals surface area contributed by atoms with Crippen LogP contribution in [-0.4, -0.2) is 19.4 Å². The average molecular weight is 357 g/mol. The van der Waals surface area contributed by atoms with E-state index >= 15 is 0 Å². The summed E-state index contributed by atoms with van der Waals surface area (Å²) in [5, 5.41) is 0. The number of hydrogen-bond acceptors (Lipinski definition) is 2. The molecule has 0 aromatic heterocycles. The number of benzene rings is 2. The van der Waals surface area contributed by atoms with Crippen LogP contribution >= 0.6 is 0 Å². The van der Waals surface area contributed by atoms with Gasteiger partial charge >= 0.3 is 0 Å². The van der Waals surface area contributed by atoms with Crippen molar-refractivity contribution in [2.24, 2.45) is 4.99 Å². The van der Waals surface area contributed by atoms with Gasteiger partial charge in [-0.1, -0.05) is 48.0 Å². The van der Waals surface area contributed by atoms with Crippen molar-refractivity contribution in [1.29, 1.82) is 0 Å². The van der Waals surface area contributed by atoms with Gasteiger partial charge in [0.05, 0.1) is 12.8 Å². The maximum atomic E-state index is 5.70. The first-order valence-corrected chi connectivity index (χ1v) is 9.41. The highest BCUT2D eigenvalue weighted by Gasteiger charge is 2.19. The summed E-state index contributed by atoms with van der Waals surface area (Å²) < 4.78 is 5.70. The van der Waals surface area contributed by atoms with Crippen LogP contribution in [0.1, 0.15) is 36.1 Å². The molecule has 0 amide bonds. The van der Waals surface area contributed by atoms with Gasteiger partial charge < -0.3 is 4.74 Å². The molecule has 2 aromatic carbocycles. The van der Waals surface area contributed by atoms with E-state index in [1.807, 2.05) is 12.1 Å². The van der Waals surface area contributed by atoms with Gasteiger partial charge in [0, 0.05) is 17.7 Å².